The van der Waals surface area contributed by atoms with Crippen LogP contribution in [0.5, 0.6) is 0 Å². The van der Waals surface area contributed by atoms with E-state index in [0.29, 0.717) is 12.1 Å². The molecule has 3 rings (SSSR count). The zero-order valence-corrected chi connectivity index (χ0v) is 15.5. The van der Waals surface area contributed by atoms with Crippen LogP contribution in [0.2, 0.25) is 0 Å². The summed E-state index contributed by atoms with van der Waals surface area (Å²) in [6, 6.07) is 9.45. The molecule has 0 aliphatic carbocycles. The number of benzene rings is 1. The van der Waals surface area contributed by atoms with Gasteiger partial charge in [0.1, 0.15) is 0 Å². The van der Waals surface area contributed by atoms with E-state index in [2.05, 4.69) is 23.9 Å². The van der Waals surface area contributed by atoms with E-state index in [4.69, 9.17) is 4.74 Å². The summed E-state index contributed by atoms with van der Waals surface area (Å²) in [6.45, 7) is 8.57. The number of rotatable bonds is 6. The molecular formula is C21H27N3O2. The zero-order chi connectivity index (χ0) is 18.5. The molecule has 1 fully saturated rings. The van der Waals surface area contributed by atoms with Crippen molar-refractivity contribution in [3.05, 3.63) is 66.0 Å². The van der Waals surface area contributed by atoms with Crippen molar-refractivity contribution in [1.82, 2.24) is 15.1 Å². The number of aryl methyl sites for hydroxylation is 1. The number of carbonyl (C=O) groups is 1. The summed E-state index contributed by atoms with van der Waals surface area (Å²) in [4.78, 5) is 12.5. The van der Waals surface area contributed by atoms with E-state index in [-0.39, 0.29) is 24.2 Å². The minimum Gasteiger partial charge on any atom is -0.370 e. The Morgan fingerprint density at radius 1 is 1.38 bits per heavy atom. The molecule has 138 valence electrons. The number of aromatic nitrogens is 2. The molecule has 1 saturated heterocycles. The summed E-state index contributed by atoms with van der Waals surface area (Å²) in [5, 5.41) is 7.73. The molecule has 1 aliphatic heterocycles. The number of hydrogen-bond donors (Lipinski definition) is 1. The number of nitrogens with one attached hydrogen (secondary N) is 1. The van der Waals surface area contributed by atoms with Gasteiger partial charge in [-0.2, -0.15) is 5.10 Å². The van der Waals surface area contributed by atoms with Crippen molar-refractivity contribution in [3.63, 3.8) is 0 Å². The number of carbonyl (C=O) groups excluding carboxylic acids is 1. The van der Waals surface area contributed by atoms with Crippen LogP contribution in [-0.2, 0) is 11.3 Å². The molecule has 5 nitrogen and oxygen atoms in total. The molecule has 1 aliphatic rings. The fraction of sp³-hybridized carbons (Fsp3) is 0.429. The van der Waals surface area contributed by atoms with Gasteiger partial charge in [0.15, 0.2) is 0 Å². The number of amides is 1. The molecule has 0 bridgehead atoms. The summed E-state index contributed by atoms with van der Waals surface area (Å²) in [5.74, 6) is -0.0230. The predicted molar refractivity (Wildman–Crippen MR) is 102 cm³/mol. The standard InChI is InChI=1S/C21H27N3O2/c1-4-11-24-14-19(15(3)23-24)20-13-17(12-18(5-2)26-20)22-21(25)16-9-7-6-8-10-16/h4,6-10,14,17-18,20H,1,5,11-13H2,2-3H3,(H,22,25)/t17-,18+,20+/m1/s1. The van der Waals surface area contributed by atoms with Crippen molar-refractivity contribution in [2.75, 3.05) is 0 Å². The third kappa shape index (κ3) is 4.22. The van der Waals surface area contributed by atoms with Crippen LogP contribution in [0.1, 0.15) is 53.9 Å². The van der Waals surface area contributed by atoms with Gasteiger partial charge in [-0.1, -0.05) is 31.2 Å². The number of hydrogen-bond acceptors (Lipinski definition) is 3. The first kappa shape index (κ1) is 18.4. The topological polar surface area (TPSA) is 56.2 Å². The highest BCUT2D eigenvalue weighted by Crippen LogP contribution is 2.34. The van der Waals surface area contributed by atoms with E-state index in [1.54, 1.807) is 0 Å². The van der Waals surface area contributed by atoms with Crippen molar-refractivity contribution in [2.45, 2.75) is 57.9 Å². The second-order valence-electron chi connectivity index (χ2n) is 6.84. The van der Waals surface area contributed by atoms with Crippen molar-refractivity contribution in [2.24, 2.45) is 0 Å². The number of allylic oxidation sites excluding steroid dienone is 1. The van der Waals surface area contributed by atoms with Gasteiger partial charge in [0.25, 0.3) is 5.91 Å². The molecule has 0 spiro atoms. The Balaban J connectivity index is 1.74. The molecule has 0 radical (unpaired) electrons. The quantitative estimate of drug-likeness (QED) is 0.804. The van der Waals surface area contributed by atoms with Crippen LogP contribution in [0.4, 0.5) is 0 Å². The maximum Gasteiger partial charge on any atom is 0.251 e. The van der Waals surface area contributed by atoms with Crippen molar-refractivity contribution in [1.29, 1.82) is 0 Å². The van der Waals surface area contributed by atoms with Crippen molar-refractivity contribution >= 4 is 5.91 Å². The van der Waals surface area contributed by atoms with Crippen LogP contribution in [0.15, 0.2) is 49.2 Å². The summed E-state index contributed by atoms with van der Waals surface area (Å²) in [7, 11) is 0. The number of nitrogens with zero attached hydrogens (tertiary/aromatic N) is 2. The highest BCUT2D eigenvalue weighted by molar-refractivity contribution is 5.94. The Kier molecular flexibility index (Phi) is 5.89. The summed E-state index contributed by atoms with van der Waals surface area (Å²) in [6.07, 6.45) is 6.48. The van der Waals surface area contributed by atoms with Crippen LogP contribution in [-0.4, -0.2) is 27.8 Å². The van der Waals surface area contributed by atoms with Crippen LogP contribution in [0.25, 0.3) is 0 Å². The van der Waals surface area contributed by atoms with Crippen LogP contribution < -0.4 is 5.32 Å². The van der Waals surface area contributed by atoms with Gasteiger partial charge in [-0.25, -0.2) is 0 Å². The van der Waals surface area contributed by atoms with Gasteiger partial charge in [-0.15, -0.1) is 6.58 Å². The molecule has 0 saturated carbocycles. The van der Waals surface area contributed by atoms with Crippen LogP contribution in [0, 0.1) is 6.92 Å². The van der Waals surface area contributed by atoms with Gasteiger partial charge in [0.05, 0.1) is 24.4 Å². The highest BCUT2D eigenvalue weighted by atomic mass is 16.5. The third-order valence-electron chi connectivity index (χ3n) is 4.88. The molecule has 3 atom stereocenters. The average Bonchev–Trinajstić information content (AvgIpc) is 3.02. The maximum absolute atomic E-state index is 12.5. The molecule has 5 heteroatoms. The second-order valence-corrected chi connectivity index (χ2v) is 6.84. The predicted octanol–water partition coefficient (Wildman–Crippen LogP) is 3.81. The largest absolute Gasteiger partial charge is 0.370 e. The maximum atomic E-state index is 12.5. The second kappa shape index (κ2) is 8.32. The molecule has 2 heterocycles. The molecule has 2 aromatic rings. The molecule has 1 amide bonds. The van der Waals surface area contributed by atoms with Gasteiger partial charge in [-0.3, -0.25) is 9.48 Å². The summed E-state index contributed by atoms with van der Waals surface area (Å²) >= 11 is 0. The minimum atomic E-state index is -0.0478. The Labute approximate surface area is 155 Å². The molecule has 1 N–H and O–H groups in total. The zero-order valence-electron chi connectivity index (χ0n) is 15.5. The normalized spacial score (nSPS) is 22.8. The Morgan fingerprint density at radius 2 is 2.15 bits per heavy atom. The van der Waals surface area contributed by atoms with Crippen LogP contribution >= 0.6 is 0 Å². The minimum absolute atomic E-state index is 0.0230. The molecule has 0 unspecified atom stereocenters. The highest BCUT2D eigenvalue weighted by Gasteiger charge is 2.32. The summed E-state index contributed by atoms with van der Waals surface area (Å²) < 4.78 is 8.16. The van der Waals surface area contributed by atoms with E-state index in [9.17, 15) is 4.79 Å². The van der Waals surface area contributed by atoms with E-state index >= 15 is 0 Å². The number of ether oxygens (including phenoxy) is 1. The molecule has 1 aromatic carbocycles. The fourth-order valence-corrected chi connectivity index (χ4v) is 3.53. The lowest BCUT2D eigenvalue weighted by molar-refractivity contribution is -0.0635. The van der Waals surface area contributed by atoms with E-state index in [1.807, 2.05) is 54.2 Å². The van der Waals surface area contributed by atoms with Gasteiger partial charge >= 0.3 is 0 Å². The molecule has 1 aromatic heterocycles. The smallest absolute Gasteiger partial charge is 0.251 e. The molecule has 26 heavy (non-hydrogen) atoms. The van der Waals surface area contributed by atoms with Gasteiger partial charge in [0, 0.05) is 23.4 Å². The Bertz CT molecular complexity index is 754. The van der Waals surface area contributed by atoms with E-state index in [1.165, 1.54) is 0 Å². The first-order valence-corrected chi connectivity index (χ1v) is 9.27. The molecular weight excluding hydrogens is 326 g/mol. The first-order valence-electron chi connectivity index (χ1n) is 9.27. The van der Waals surface area contributed by atoms with Gasteiger partial charge in [-0.05, 0) is 38.3 Å². The van der Waals surface area contributed by atoms with Gasteiger partial charge < -0.3 is 10.1 Å². The summed E-state index contributed by atoms with van der Waals surface area (Å²) in [5.41, 5.74) is 2.77. The first-order chi connectivity index (χ1) is 12.6. The monoisotopic (exact) mass is 353 g/mol. The third-order valence-corrected chi connectivity index (χ3v) is 4.88. The lowest BCUT2D eigenvalue weighted by atomic mass is 9.93. The van der Waals surface area contributed by atoms with E-state index < -0.39 is 0 Å². The van der Waals surface area contributed by atoms with Crippen molar-refractivity contribution < 1.29 is 9.53 Å². The van der Waals surface area contributed by atoms with E-state index in [0.717, 1.165) is 30.5 Å². The fourth-order valence-electron chi connectivity index (χ4n) is 3.53. The lowest BCUT2D eigenvalue weighted by Crippen LogP contribution is -2.43. The van der Waals surface area contributed by atoms with Gasteiger partial charge in [0.2, 0.25) is 0 Å². The average molecular weight is 353 g/mol. The van der Waals surface area contributed by atoms with Crippen LogP contribution in [0.3, 0.4) is 0 Å². The lowest BCUT2D eigenvalue weighted by Gasteiger charge is -2.35. The Hall–Kier alpha value is -2.40. The van der Waals surface area contributed by atoms with Crippen molar-refractivity contribution in [3.8, 4) is 0 Å². The Morgan fingerprint density at radius 3 is 2.85 bits per heavy atom. The SMILES string of the molecule is C=CCn1cc([C@@H]2C[C@H](NC(=O)c3ccccc3)C[C@H](CC)O2)c(C)n1.